The van der Waals surface area contributed by atoms with Gasteiger partial charge in [-0.1, -0.05) is 35.7 Å². The summed E-state index contributed by atoms with van der Waals surface area (Å²) in [6, 6.07) is 11.5. The molecule has 36 heavy (non-hydrogen) atoms. The van der Waals surface area contributed by atoms with E-state index >= 15 is 0 Å². The van der Waals surface area contributed by atoms with Crippen molar-refractivity contribution in [3.05, 3.63) is 78.1 Å². The van der Waals surface area contributed by atoms with E-state index in [0.29, 0.717) is 38.1 Å². The van der Waals surface area contributed by atoms with Crippen LogP contribution in [-0.4, -0.2) is 62.9 Å². The minimum atomic E-state index is -0.952. The van der Waals surface area contributed by atoms with E-state index in [9.17, 15) is 19.8 Å². The molecule has 0 saturated carbocycles. The SMILES string of the molecule is O=C(O)c1cc(Br)c(CCN2C(=O)SCCN2CC[C@@H](O)Cc2cccc(C#Cc3ccsc3)c2)s1. The largest absolute Gasteiger partial charge is 0.477 e. The third kappa shape index (κ3) is 7.44. The molecule has 4 rings (SSSR count). The standard InChI is InChI=1S/C26H25BrN2O4S3/c27-22-16-24(25(31)32)36-23(22)7-10-29-26(33)35-13-11-28(29)9-6-21(30)15-20-3-1-2-18(14-20)4-5-19-8-12-34-17-19/h1-3,8,12,14,16-17,21,30H,6-7,9-11,13,15H2,(H,31,32)/t21-/m1/s1. The van der Waals surface area contributed by atoms with Crippen molar-refractivity contribution >= 4 is 61.6 Å². The number of amides is 1. The number of aliphatic hydroxyl groups is 1. The molecule has 6 nitrogen and oxygen atoms in total. The molecule has 0 radical (unpaired) electrons. The Kier molecular flexibility index (Phi) is 9.65. The normalized spacial score (nSPS) is 14.9. The molecule has 1 fully saturated rings. The fourth-order valence-electron chi connectivity index (χ4n) is 3.83. The van der Waals surface area contributed by atoms with E-state index < -0.39 is 12.1 Å². The monoisotopic (exact) mass is 604 g/mol. The highest BCUT2D eigenvalue weighted by Gasteiger charge is 2.27. The average molecular weight is 606 g/mol. The predicted molar refractivity (Wildman–Crippen MR) is 150 cm³/mol. The number of hydrazine groups is 1. The van der Waals surface area contributed by atoms with E-state index in [1.807, 2.05) is 46.1 Å². The number of thioether (sulfide) groups is 1. The smallest absolute Gasteiger partial charge is 0.345 e. The van der Waals surface area contributed by atoms with E-state index in [1.54, 1.807) is 22.4 Å². The summed E-state index contributed by atoms with van der Waals surface area (Å²) < 4.78 is 0.756. The fourth-order valence-corrected chi connectivity index (χ4v) is 6.95. The molecule has 1 aliphatic heterocycles. The van der Waals surface area contributed by atoms with Gasteiger partial charge in [0.15, 0.2) is 0 Å². The summed E-state index contributed by atoms with van der Waals surface area (Å²) >= 11 is 7.56. The molecule has 0 aliphatic carbocycles. The maximum atomic E-state index is 12.6. The Balaban J connectivity index is 1.32. The second-order valence-corrected chi connectivity index (χ2v) is 12.1. The van der Waals surface area contributed by atoms with Gasteiger partial charge in [-0.3, -0.25) is 9.80 Å². The molecular weight excluding hydrogens is 580 g/mol. The van der Waals surface area contributed by atoms with Crippen molar-refractivity contribution in [2.45, 2.75) is 25.4 Å². The number of halogens is 1. The van der Waals surface area contributed by atoms with Crippen LogP contribution in [0.25, 0.3) is 0 Å². The maximum absolute atomic E-state index is 12.6. The molecule has 0 unspecified atom stereocenters. The summed E-state index contributed by atoms with van der Waals surface area (Å²) in [7, 11) is 0. The summed E-state index contributed by atoms with van der Waals surface area (Å²) in [5.41, 5.74) is 2.94. The molecule has 1 aromatic carbocycles. The predicted octanol–water partition coefficient (Wildman–Crippen LogP) is 5.59. The Labute approximate surface area is 231 Å². The summed E-state index contributed by atoms with van der Waals surface area (Å²) in [5, 5.41) is 27.7. The average Bonchev–Trinajstić information content (AvgIpc) is 3.51. The van der Waals surface area contributed by atoms with Crippen LogP contribution in [0.2, 0.25) is 0 Å². The number of aliphatic hydroxyl groups excluding tert-OH is 1. The van der Waals surface area contributed by atoms with E-state index in [0.717, 1.165) is 32.6 Å². The molecule has 3 heterocycles. The zero-order valence-electron chi connectivity index (χ0n) is 19.4. The Hall–Kier alpha value is -2.13. The number of rotatable bonds is 9. The van der Waals surface area contributed by atoms with Crippen LogP contribution in [0.3, 0.4) is 0 Å². The van der Waals surface area contributed by atoms with Gasteiger partial charge in [-0.15, -0.1) is 11.3 Å². The van der Waals surface area contributed by atoms with Crippen molar-refractivity contribution in [2.24, 2.45) is 0 Å². The molecule has 0 bridgehead atoms. The van der Waals surface area contributed by atoms with Gasteiger partial charge in [0, 0.05) is 57.7 Å². The van der Waals surface area contributed by atoms with Gasteiger partial charge in [-0.2, -0.15) is 11.3 Å². The minimum absolute atomic E-state index is 0.0150. The Bertz CT molecular complexity index is 1270. The van der Waals surface area contributed by atoms with Gasteiger partial charge in [0.1, 0.15) is 4.88 Å². The number of hydrogen-bond acceptors (Lipinski definition) is 7. The Morgan fingerprint density at radius 3 is 2.75 bits per heavy atom. The van der Waals surface area contributed by atoms with E-state index in [4.69, 9.17) is 0 Å². The number of nitrogens with zero attached hydrogens (tertiary/aromatic N) is 2. The number of hydrogen-bond donors (Lipinski definition) is 2. The molecule has 1 atom stereocenters. The molecule has 1 amide bonds. The summed E-state index contributed by atoms with van der Waals surface area (Å²) in [4.78, 5) is 25.0. The zero-order valence-corrected chi connectivity index (χ0v) is 23.4. The summed E-state index contributed by atoms with van der Waals surface area (Å²) in [6.45, 7) is 1.75. The molecular formula is C26H25BrN2O4S3. The molecule has 3 aromatic rings. The first kappa shape index (κ1) is 26.9. The lowest BCUT2D eigenvalue weighted by Crippen LogP contribution is -2.51. The number of carboxylic acid groups (broad SMARTS) is 1. The number of carboxylic acids is 1. The highest BCUT2D eigenvalue weighted by Crippen LogP contribution is 2.29. The lowest BCUT2D eigenvalue weighted by Gasteiger charge is -2.38. The van der Waals surface area contributed by atoms with Crippen LogP contribution in [-0.2, 0) is 12.8 Å². The van der Waals surface area contributed by atoms with Crippen molar-refractivity contribution in [3.63, 3.8) is 0 Å². The number of carbonyl (C=O) groups excluding carboxylic acids is 1. The highest BCUT2D eigenvalue weighted by molar-refractivity contribution is 9.10. The number of aromatic carboxylic acids is 1. The van der Waals surface area contributed by atoms with Gasteiger partial charge < -0.3 is 10.2 Å². The van der Waals surface area contributed by atoms with Crippen LogP contribution in [0, 0.1) is 11.8 Å². The van der Waals surface area contributed by atoms with Crippen LogP contribution in [0.5, 0.6) is 0 Å². The second-order valence-electron chi connectivity index (χ2n) is 8.24. The number of carbonyl (C=O) groups is 2. The first-order valence-corrected chi connectivity index (χ1v) is 14.9. The van der Waals surface area contributed by atoms with E-state index in [2.05, 4.69) is 27.8 Å². The molecule has 2 N–H and O–H groups in total. The van der Waals surface area contributed by atoms with Crippen molar-refractivity contribution in [1.29, 1.82) is 0 Å². The van der Waals surface area contributed by atoms with Crippen molar-refractivity contribution in [3.8, 4) is 11.8 Å². The van der Waals surface area contributed by atoms with Crippen LogP contribution >= 0.6 is 50.4 Å². The van der Waals surface area contributed by atoms with Gasteiger partial charge in [0.05, 0.1) is 6.10 Å². The van der Waals surface area contributed by atoms with Gasteiger partial charge in [0.2, 0.25) is 0 Å². The third-order valence-corrected chi connectivity index (χ3v) is 9.32. The number of thiophene rings is 2. The topological polar surface area (TPSA) is 81.1 Å². The van der Waals surface area contributed by atoms with Crippen LogP contribution in [0.15, 0.2) is 51.6 Å². The van der Waals surface area contributed by atoms with E-state index in [1.165, 1.54) is 23.1 Å². The Morgan fingerprint density at radius 1 is 1.17 bits per heavy atom. The molecule has 2 aromatic heterocycles. The summed E-state index contributed by atoms with van der Waals surface area (Å²) in [5.74, 6) is 6.09. The molecule has 1 saturated heterocycles. The van der Waals surface area contributed by atoms with Gasteiger partial charge in [-0.25, -0.2) is 9.80 Å². The van der Waals surface area contributed by atoms with E-state index in [-0.39, 0.29) is 10.1 Å². The quantitative estimate of drug-likeness (QED) is 0.310. The van der Waals surface area contributed by atoms with Crippen molar-refractivity contribution < 1.29 is 19.8 Å². The van der Waals surface area contributed by atoms with Gasteiger partial charge in [0.25, 0.3) is 5.24 Å². The van der Waals surface area contributed by atoms with Gasteiger partial charge >= 0.3 is 5.97 Å². The van der Waals surface area contributed by atoms with Crippen molar-refractivity contribution in [2.75, 3.05) is 25.4 Å². The van der Waals surface area contributed by atoms with Crippen molar-refractivity contribution in [1.82, 2.24) is 10.0 Å². The lowest BCUT2D eigenvalue weighted by atomic mass is 10.0. The first-order valence-electron chi connectivity index (χ1n) is 11.4. The maximum Gasteiger partial charge on any atom is 0.345 e. The minimum Gasteiger partial charge on any atom is -0.477 e. The highest BCUT2D eigenvalue weighted by atomic mass is 79.9. The van der Waals surface area contributed by atoms with Crippen LogP contribution in [0.1, 0.15) is 37.7 Å². The van der Waals surface area contributed by atoms with Crippen LogP contribution < -0.4 is 0 Å². The lowest BCUT2D eigenvalue weighted by molar-refractivity contribution is 0.0148. The second kappa shape index (κ2) is 12.9. The molecule has 10 heteroatoms. The zero-order chi connectivity index (χ0) is 25.5. The summed E-state index contributed by atoms with van der Waals surface area (Å²) in [6.07, 6.45) is 1.07. The Morgan fingerprint density at radius 2 is 2.00 bits per heavy atom. The third-order valence-electron chi connectivity index (χ3n) is 5.64. The molecule has 0 spiro atoms. The first-order chi connectivity index (χ1) is 17.4. The van der Waals surface area contributed by atoms with Gasteiger partial charge in [-0.05, 0) is 64.0 Å². The van der Waals surface area contributed by atoms with Crippen LogP contribution in [0.4, 0.5) is 4.79 Å². The molecule has 1 aliphatic rings. The molecule has 188 valence electrons. The number of benzene rings is 1. The fraction of sp³-hybridized carbons (Fsp3) is 0.308.